The van der Waals surface area contributed by atoms with Crippen LogP contribution in [0.1, 0.15) is 37.8 Å². The van der Waals surface area contributed by atoms with E-state index in [1.165, 1.54) is 0 Å². The molecule has 2 aromatic carbocycles. The van der Waals surface area contributed by atoms with Crippen LogP contribution < -0.4 is 20.5 Å². The third-order valence-corrected chi connectivity index (χ3v) is 6.29. The van der Waals surface area contributed by atoms with Crippen molar-refractivity contribution in [2.75, 3.05) is 37.7 Å². The molecule has 2 aliphatic rings. The monoisotopic (exact) mass is 442 g/mol. The molecule has 4 rings (SSSR count). The molecule has 2 saturated heterocycles. The van der Waals surface area contributed by atoms with Gasteiger partial charge in [0.15, 0.2) is 0 Å². The molecule has 7 heteroatoms. The molecule has 31 heavy (non-hydrogen) atoms. The topological polar surface area (TPSA) is 56.8 Å². The van der Waals surface area contributed by atoms with Gasteiger partial charge in [0.1, 0.15) is 11.8 Å². The standard InChI is InChI=1S/C24H31ClN4O2/c1-2-3-16-31-23-7-5-4-6-20(23)21-17-22(27-26-21)24(30)29-14-12-28(13-15-29)19-10-8-18(25)9-11-19/h4-11,21-22,26-27H,2-3,12-17H2,1H3. The van der Waals surface area contributed by atoms with Crippen molar-refractivity contribution < 1.29 is 9.53 Å². The highest BCUT2D eigenvalue weighted by atomic mass is 35.5. The lowest BCUT2D eigenvalue weighted by atomic mass is 10.0. The highest BCUT2D eigenvalue weighted by Crippen LogP contribution is 2.31. The lowest BCUT2D eigenvalue weighted by Gasteiger charge is -2.37. The molecule has 2 atom stereocenters. The lowest BCUT2D eigenvalue weighted by Crippen LogP contribution is -2.53. The Bertz CT molecular complexity index is 868. The minimum absolute atomic E-state index is 0.0575. The molecule has 0 aromatic heterocycles. The second kappa shape index (κ2) is 10.4. The Morgan fingerprint density at radius 1 is 1.06 bits per heavy atom. The summed E-state index contributed by atoms with van der Waals surface area (Å²) >= 11 is 5.99. The number of ether oxygens (including phenoxy) is 1. The Morgan fingerprint density at radius 3 is 2.55 bits per heavy atom. The molecule has 0 radical (unpaired) electrons. The quantitative estimate of drug-likeness (QED) is 0.639. The molecule has 0 bridgehead atoms. The highest BCUT2D eigenvalue weighted by molar-refractivity contribution is 6.30. The number of rotatable bonds is 7. The van der Waals surface area contributed by atoms with E-state index >= 15 is 0 Å². The van der Waals surface area contributed by atoms with Gasteiger partial charge in [0.2, 0.25) is 5.91 Å². The largest absolute Gasteiger partial charge is 0.493 e. The van der Waals surface area contributed by atoms with Crippen molar-refractivity contribution >= 4 is 23.2 Å². The van der Waals surface area contributed by atoms with Gasteiger partial charge in [-0.05, 0) is 43.2 Å². The first kappa shape index (κ1) is 21.9. The van der Waals surface area contributed by atoms with Crippen LogP contribution in [0.5, 0.6) is 5.75 Å². The maximum atomic E-state index is 13.1. The normalized spacial score (nSPS) is 21.4. The molecule has 0 saturated carbocycles. The minimum atomic E-state index is -0.226. The van der Waals surface area contributed by atoms with Crippen molar-refractivity contribution in [2.24, 2.45) is 0 Å². The van der Waals surface area contributed by atoms with E-state index in [2.05, 4.69) is 28.7 Å². The van der Waals surface area contributed by atoms with Crippen molar-refractivity contribution in [1.29, 1.82) is 0 Å². The molecular formula is C24H31ClN4O2. The van der Waals surface area contributed by atoms with E-state index in [-0.39, 0.29) is 18.0 Å². The van der Waals surface area contributed by atoms with Crippen LogP contribution in [-0.2, 0) is 4.79 Å². The predicted molar refractivity (Wildman–Crippen MR) is 125 cm³/mol. The number of halogens is 1. The van der Waals surface area contributed by atoms with Crippen molar-refractivity contribution in [2.45, 2.75) is 38.3 Å². The minimum Gasteiger partial charge on any atom is -0.493 e. The second-order valence-electron chi connectivity index (χ2n) is 8.16. The number of hydrogen-bond donors (Lipinski definition) is 2. The Hall–Kier alpha value is -2.28. The average Bonchev–Trinajstić information content (AvgIpc) is 3.30. The van der Waals surface area contributed by atoms with Crippen LogP contribution in [0.25, 0.3) is 0 Å². The highest BCUT2D eigenvalue weighted by Gasteiger charge is 2.35. The second-order valence-corrected chi connectivity index (χ2v) is 8.59. The molecular weight excluding hydrogens is 412 g/mol. The van der Waals surface area contributed by atoms with Gasteiger partial charge in [0, 0.05) is 42.5 Å². The van der Waals surface area contributed by atoms with Gasteiger partial charge in [0.05, 0.1) is 12.6 Å². The zero-order valence-corrected chi connectivity index (χ0v) is 18.8. The van der Waals surface area contributed by atoms with Crippen LogP contribution in [0.3, 0.4) is 0 Å². The van der Waals surface area contributed by atoms with Crippen LogP contribution in [0.15, 0.2) is 48.5 Å². The Morgan fingerprint density at radius 2 is 1.81 bits per heavy atom. The number of carbonyl (C=O) groups is 1. The molecule has 2 unspecified atom stereocenters. The molecule has 6 nitrogen and oxygen atoms in total. The molecule has 0 aliphatic carbocycles. The molecule has 2 N–H and O–H groups in total. The van der Waals surface area contributed by atoms with Gasteiger partial charge in [-0.15, -0.1) is 0 Å². The number of hydrazine groups is 1. The number of amides is 1. The number of benzene rings is 2. The lowest BCUT2D eigenvalue weighted by molar-refractivity contribution is -0.133. The van der Waals surface area contributed by atoms with Gasteiger partial charge in [-0.25, -0.2) is 10.9 Å². The fraction of sp³-hybridized carbons (Fsp3) is 0.458. The van der Waals surface area contributed by atoms with Gasteiger partial charge in [-0.3, -0.25) is 4.79 Å². The average molecular weight is 443 g/mol. The molecule has 166 valence electrons. The number of nitrogens with zero attached hydrogens (tertiary/aromatic N) is 2. The Kier molecular flexibility index (Phi) is 7.33. The van der Waals surface area contributed by atoms with Crippen molar-refractivity contribution in [3.63, 3.8) is 0 Å². The molecule has 2 fully saturated rings. The van der Waals surface area contributed by atoms with Crippen LogP contribution in [0.4, 0.5) is 5.69 Å². The van der Waals surface area contributed by atoms with E-state index in [1.54, 1.807) is 0 Å². The molecule has 2 aromatic rings. The van der Waals surface area contributed by atoms with E-state index in [0.29, 0.717) is 13.0 Å². The van der Waals surface area contributed by atoms with E-state index in [4.69, 9.17) is 16.3 Å². The van der Waals surface area contributed by atoms with Gasteiger partial charge >= 0.3 is 0 Å². The maximum Gasteiger partial charge on any atom is 0.241 e. The van der Waals surface area contributed by atoms with Crippen LogP contribution >= 0.6 is 11.6 Å². The Labute approximate surface area is 189 Å². The fourth-order valence-electron chi connectivity index (χ4n) is 4.21. The zero-order chi connectivity index (χ0) is 21.6. The SMILES string of the molecule is CCCCOc1ccccc1C1CC(C(=O)N2CCN(c3ccc(Cl)cc3)CC2)NN1. The summed E-state index contributed by atoms with van der Waals surface area (Å²) in [6, 6.07) is 15.8. The number of unbranched alkanes of at least 4 members (excludes halogenated alkanes) is 1. The number of carbonyl (C=O) groups excluding carboxylic acids is 1. The van der Waals surface area contributed by atoms with Gasteiger partial charge in [0.25, 0.3) is 0 Å². The number of para-hydroxylation sites is 1. The first-order valence-electron chi connectivity index (χ1n) is 11.2. The Balaban J connectivity index is 1.32. The van der Waals surface area contributed by atoms with E-state index in [9.17, 15) is 4.79 Å². The number of piperazine rings is 1. The summed E-state index contributed by atoms with van der Waals surface area (Å²) in [5.41, 5.74) is 8.79. The molecule has 1 amide bonds. The fourth-order valence-corrected chi connectivity index (χ4v) is 4.33. The van der Waals surface area contributed by atoms with E-state index in [0.717, 1.165) is 61.0 Å². The van der Waals surface area contributed by atoms with Crippen molar-refractivity contribution in [1.82, 2.24) is 15.8 Å². The predicted octanol–water partition coefficient (Wildman–Crippen LogP) is 3.78. The number of anilines is 1. The first-order valence-corrected chi connectivity index (χ1v) is 11.6. The zero-order valence-electron chi connectivity index (χ0n) is 18.0. The summed E-state index contributed by atoms with van der Waals surface area (Å²) in [4.78, 5) is 17.4. The summed E-state index contributed by atoms with van der Waals surface area (Å²) < 4.78 is 5.99. The number of hydrogen-bond acceptors (Lipinski definition) is 5. The van der Waals surface area contributed by atoms with Gasteiger partial charge in [-0.1, -0.05) is 43.1 Å². The van der Waals surface area contributed by atoms with E-state index in [1.807, 2.05) is 47.4 Å². The summed E-state index contributed by atoms with van der Waals surface area (Å²) in [6.07, 6.45) is 2.85. The van der Waals surface area contributed by atoms with Crippen LogP contribution in [0, 0.1) is 0 Å². The van der Waals surface area contributed by atoms with Gasteiger partial charge < -0.3 is 14.5 Å². The third-order valence-electron chi connectivity index (χ3n) is 6.03. The summed E-state index contributed by atoms with van der Waals surface area (Å²) in [5.74, 6) is 1.06. The van der Waals surface area contributed by atoms with Crippen LogP contribution in [0.2, 0.25) is 5.02 Å². The number of nitrogens with one attached hydrogen (secondary N) is 2. The third kappa shape index (κ3) is 5.32. The van der Waals surface area contributed by atoms with Crippen molar-refractivity contribution in [3.05, 3.63) is 59.1 Å². The summed E-state index contributed by atoms with van der Waals surface area (Å²) in [6.45, 7) is 5.97. The molecule has 0 spiro atoms. The van der Waals surface area contributed by atoms with Gasteiger partial charge in [-0.2, -0.15) is 0 Å². The summed E-state index contributed by atoms with van der Waals surface area (Å²) in [5, 5.41) is 0.740. The first-order chi connectivity index (χ1) is 15.2. The van der Waals surface area contributed by atoms with Crippen LogP contribution in [-0.4, -0.2) is 49.6 Å². The smallest absolute Gasteiger partial charge is 0.241 e. The summed E-state index contributed by atoms with van der Waals surface area (Å²) in [7, 11) is 0. The van der Waals surface area contributed by atoms with E-state index < -0.39 is 0 Å². The van der Waals surface area contributed by atoms with Crippen molar-refractivity contribution in [3.8, 4) is 5.75 Å². The molecule has 2 heterocycles. The maximum absolute atomic E-state index is 13.1. The molecule has 2 aliphatic heterocycles.